The van der Waals surface area contributed by atoms with Crippen molar-refractivity contribution in [2.75, 3.05) is 7.05 Å². The van der Waals surface area contributed by atoms with Crippen LogP contribution in [0.15, 0.2) is 11.4 Å². The number of carbonyl (C=O) groups is 1. The van der Waals surface area contributed by atoms with Crippen molar-refractivity contribution in [3.8, 4) is 0 Å². The summed E-state index contributed by atoms with van der Waals surface area (Å²) in [5.41, 5.74) is 1.46. The Labute approximate surface area is 149 Å². The Morgan fingerprint density at radius 2 is 1.88 bits per heavy atom. The van der Waals surface area contributed by atoms with Crippen molar-refractivity contribution in [2.45, 2.75) is 70.5 Å². The molecule has 1 heterocycles. The number of nitrogens with one attached hydrogen (secondary N) is 1. The maximum absolute atomic E-state index is 12.9. The summed E-state index contributed by atoms with van der Waals surface area (Å²) in [4.78, 5) is 16.5. The lowest BCUT2D eigenvalue weighted by molar-refractivity contribution is -0.131. The quantitative estimate of drug-likeness (QED) is 0.875. The molecule has 1 amide bonds. The second kappa shape index (κ2) is 6.14. The summed E-state index contributed by atoms with van der Waals surface area (Å²) < 4.78 is 0. The number of nitrogens with zero attached hydrogens (tertiary/aromatic N) is 1. The van der Waals surface area contributed by atoms with Gasteiger partial charge < -0.3 is 5.32 Å². The van der Waals surface area contributed by atoms with Crippen LogP contribution in [0.2, 0.25) is 0 Å². The van der Waals surface area contributed by atoms with Crippen LogP contribution in [0.1, 0.15) is 55.9 Å². The minimum atomic E-state index is -0.0699. The largest absolute Gasteiger partial charge is 0.349 e. The zero-order chi connectivity index (χ0) is 16.9. The van der Waals surface area contributed by atoms with Crippen molar-refractivity contribution in [1.82, 2.24) is 10.2 Å². The molecule has 1 aromatic rings. The van der Waals surface area contributed by atoms with Crippen LogP contribution in [-0.4, -0.2) is 29.4 Å². The van der Waals surface area contributed by atoms with Crippen LogP contribution < -0.4 is 5.32 Å². The minimum Gasteiger partial charge on any atom is -0.349 e. The van der Waals surface area contributed by atoms with E-state index in [1.807, 2.05) is 0 Å². The molecule has 4 bridgehead atoms. The Morgan fingerprint density at radius 3 is 2.38 bits per heavy atom. The van der Waals surface area contributed by atoms with Gasteiger partial charge in [0.2, 0.25) is 5.91 Å². The number of amides is 1. The van der Waals surface area contributed by atoms with Gasteiger partial charge in [-0.2, -0.15) is 0 Å². The molecule has 3 nitrogen and oxygen atoms in total. The van der Waals surface area contributed by atoms with Crippen molar-refractivity contribution >= 4 is 17.2 Å². The first-order chi connectivity index (χ1) is 11.4. The number of likely N-dealkylation sites (N-methyl/N-ethyl adjacent to an activating group) is 1. The molecular weight excluding hydrogens is 316 g/mol. The number of hydrogen-bond donors (Lipinski definition) is 1. The number of hydrogen-bond acceptors (Lipinski definition) is 3. The topological polar surface area (TPSA) is 32.3 Å². The fourth-order valence-corrected chi connectivity index (χ4v) is 6.73. The third-order valence-corrected chi connectivity index (χ3v) is 7.84. The van der Waals surface area contributed by atoms with Gasteiger partial charge in [0.1, 0.15) is 0 Å². The van der Waals surface area contributed by atoms with Gasteiger partial charge in [-0.3, -0.25) is 9.69 Å². The van der Waals surface area contributed by atoms with E-state index in [-0.39, 0.29) is 17.5 Å². The van der Waals surface area contributed by atoms with E-state index in [0.29, 0.717) is 0 Å². The lowest BCUT2D eigenvalue weighted by Gasteiger charge is -2.57. The van der Waals surface area contributed by atoms with Crippen LogP contribution in [0.5, 0.6) is 0 Å². The molecule has 0 saturated heterocycles. The Bertz CT molecular complexity index is 588. The predicted octanol–water partition coefficient (Wildman–Crippen LogP) is 3.96. The average Bonchev–Trinajstić information content (AvgIpc) is 2.89. The predicted molar refractivity (Wildman–Crippen MR) is 99.0 cm³/mol. The van der Waals surface area contributed by atoms with Crippen LogP contribution >= 0.6 is 11.3 Å². The van der Waals surface area contributed by atoms with Crippen molar-refractivity contribution in [1.29, 1.82) is 0 Å². The second-order valence-electron chi connectivity index (χ2n) is 8.81. The van der Waals surface area contributed by atoms with Gasteiger partial charge in [0.15, 0.2) is 0 Å². The molecule has 0 aliphatic heterocycles. The summed E-state index contributed by atoms with van der Waals surface area (Å²) in [6, 6.07) is 2.09. The van der Waals surface area contributed by atoms with Gasteiger partial charge in [-0.05, 0) is 94.2 Å². The van der Waals surface area contributed by atoms with Gasteiger partial charge >= 0.3 is 0 Å². The molecule has 1 atom stereocenters. The average molecular weight is 347 g/mol. The molecule has 4 fully saturated rings. The van der Waals surface area contributed by atoms with Crippen LogP contribution in [0.4, 0.5) is 0 Å². The lowest BCUT2D eigenvalue weighted by atomic mass is 9.53. The van der Waals surface area contributed by atoms with E-state index in [9.17, 15) is 4.79 Å². The molecule has 132 valence electrons. The summed E-state index contributed by atoms with van der Waals surface area (Å²) in [7, 11) is 2.07. The molecule has 1 N–H and O–H groups in total. The van der Waals surface area contributed by atoms with Crippen molar-refractivity contribution < 1.29 is 4.79 Å². The van der Waals surface area contributed by atoms with Crippen molar-refractivity contribution in [2.24, 2.45) is 17.8 Å². The molecule has 4 heteroatoms. The molecule has 0 unspecified atom stereocenters. The van der Waals surface area contributed by atoms with Gasteiger partial charge in [-0.15, -0.1) is 11.3 Å². The Balaban J connectivity index is 1.39. The van der Waals surface area contributed by atoms with Crippen molar-refractivity contribution in [3.05, 3.63) is 21.9 Å². The summed E-state index contributed by atoms with van der Waals surface area (Å²) >= 11 is 1.79. The monoisotopic (exact) mass is 346 g/mol. The summed E-state index contributed by atoms with van der Waals surface area (Å²) in [6.45, 7) is 5.07. The Morgan fingerprint density at radius 1 is 1.29 bits per heavy atom. The van der Waals surface area contributed by atoms with Gasteiger partial charge in [0, 0.05) is 17.0 Å². The summed E-state index contributed by atoms with van der Waals surface area (Å²) in [5, 5.41) is 5.66. The molecular formula is C20H30N2OS. The van der Waals surface area contributed by atoms with Crippen molar-refractivity contribution in [3.63, 3.8) is 0 Å². The fourth-order valence-electron chi connectivity index (χ4n) is 5.76. The third-order valence-electron chi connectivity index (χ3n) is 6.83. The maximum atomic E-state index is 12.9. The molecule has 4 saturated carbocycles. The van der Waals surface area contributed by atoms with E-state index < -0.39 is 0 Å². The highest BCUT2D eigenvalue weighted by molar-refractivity contribution is 7.10. The molecule has 4 aliphatic rings. The first-order valence-electron chi connectivity index (χ1n) is 9.49. The van der Waals surface area contributed by atoms with Gasteiger partial charge in [0.05, 0.1) is 6.04 Å². The highest BCUT2D eigenvalue weighted by atomic mass is 32.1. The number of rotatable bonds is 5. The van der Waals surface area contributed by atoms with Crippen LogP contribution in [0, 0.1) is 24.7 Å². The van der Waals surface area contributed by atoms with Crippen LogP contribution in [0.25, 0.3) is 0 Å². The molecule has 5 rings (SSSR count). The number of aryl methyl sites for hydroxylation is 1. The Kier molecular flexibility index (Phi) is 4.24. The minimum absolute atomic E-state index is 0.0699. The zero-order valence-corrected chi connectivity index (χ0v) is 16.0. The summed E-state index contributed by atoms with van der Waals surface area (Å²) in [5.74, 6) is 2.85. The molecule has 24 heavy (non-hydrogen) atoms. The smallest absolute Gasteiger partial charge is 0.237 e. The van der Waals surface area contributed by atoms with E-state index in [1.165, 1.54) is 49.0 Å². The van der Waals surface area contributed by atoms with E-state index in [0.717, 1.165) is 24.3 Å². The lowest BCUT2D eigenvalue weighted by Crippen LogP contribution is -2.62. The normalized spacial score (nSPS) is 35.4. The maximum Gasteiger partial charge on any atom is 0.237 e. The molecule has 0 aromatic carbocycles. The van der Waals surface area contributed by atoms with E-state index >= 15 is 0 Å². The first kappa shape index (κ1) is 16.6. The standard InChI is InChI=1S/C20H30N2OS/c1-13-4-5-24-18(13)12-22(3)14(2)19(23)21-20-9-15-6-16(10-20)8-17(7-15)11-20/h4-5,14-17H,6-12H2,1-3H3,(H,21,23)/t14-,15?,16?,17?,20?/m1/s1. The van der Waals surface area contributed by atoms with E-state index in [1.54, 1.807) is 11.3 Å². The molecule has 0 radical (unpaired) electrons. The van der Waals surface area contributed by atoms with Gasteiger partial charge in [-0.1, -0.05) is 0 Å². The second-order valence-corrected chi connectivity index (χ2v) is 9.81. The number of carbonyl (C=O) groups excluding carboxylic acids is 1. The van der Waals surface area contributed by atoms with E-state index in [4.69, 9.17) is 0 Å². The molecule has 1 aromatic heterocycles. The molecule has 0 spiro atoms. The Hall–Kier alpha value is -0.870. The van der Waals surface area contributed by atoms with Crippen LogP contribution in [-0.2, 0) is 11.3 Å². The third kappa shape index (κ3) is 3.03. The number of thiophene rings is 1. The van der Waals surface area contributed by atoms with Gasteiger partial charge in [0.25, 0.3) is 0 Å². The summed E-state index contributed by atoms with van der Waals surface area (Å²) in [6.07, 6.45) is 7.94. The molecule has 4 aliphatic carbocycles. The van der Waals surface area contributed by atoms with Gasteiger partial charge in [-0.25, -0.2) is 0 Å². The SMILES string of the molecule is Cc1ccsc1CN(C)[C@H](C)C(=O)NC12CC3CC(CC(C3)C1)C2. The fraction of sp³-hybridized carbons (Fsp3) is 0.750. The van der Waals surface area contributed by atoms with E-state index in [2.05, 4.69) is 42.6 Å². The first-order valence-corrected chi connectivity index (χ1v) is 10.4. The highest BCUT2D eigenvalue weighted by Gasteiger charge is 2.51. The highest BCUT2D eigenvalue weighted by Crippen LogP contribution is 2.55. The van der Waals surface area contributed by atoms with Crippen LogP contribution in [0.3, 0.4) is 0 Å². The zero-order valence-electron chi connectivity index (χ0n) is 15.2.